The maximum absolute atomic E-state index is 13.7. The summed E-state index contributed by atoms with van der Waals surface area (Å²) in [5, 5.41) is 6.79. The molecule has 3 nitrogen and oxygen atoms in total. The third-order valence-corrected chi connectivity index (χ3v) is 3.69. The molecule has 1 fully saturated rings. The molecule has 0 atom stereocenters. The average Bonchev–Trinajstić information content (AvgIpc) is 2.94. The van der Waals surface area contributed by atoms with Crippen LogP contribution in [0.25, 0.3) is 0 Å². The van der Waals surface area contributed by atoms with Gasteiger partial charge in [0.25, 0.3) is 0 Å². The van der Waals surface area contributed by atoms with Crippen LogP contribution >= 0.6 is 0 Å². The Bertz CT molecular complexity index is 502. The molecule has 4 heteroatoms. The van der Waals surface area contributed by atoms with Crippen molar-refractivity contribution in [3.05, 3.63) is 48.0 Å². The molecule has 0 aliphatic carbocycles. The SMILES string of the molecule is Fc1ccccc1C1CCN(c2cn[nH]c2)CC1. The van der Waals surface area contributed by atoms with Crippen molar-refractivity contribution < 1.29 is 4.39 Å². The number of hydrogen-bond acceptors (Lipinski definition) is 2. The Labute approximate surface area is 106 Å². The molecule has 1 aromatic carbocycles. The van der Waals surface area contributed by atoms with Crippen molar-refractivity contribution in [1.29, 1.82) is 0 Å². The molecule has 0 saturated carbocycles. The predicted molar refractivity (Wildman–Crippen MR) is 69.2 cm³/mol. The number of benzene rings is 1. The third kappa shape index (κ3) is 2.10. The van der Waals surface area contributed by atoms with Gasteiger partial charge in [0.2, 0.25) is 0 Å². The number of H-pyrrole nitrogens is 1. The summed E-state index contributed by atoms with van der Waals surface area (Å²) in [5.74, 6) is 0.272. The fraction of sp³-hybridized carbons (Fsp3) is 0.357. The highest BCUT2D eigenvalue weighted by molar-refractivity contribution is 5.42. The lowest BCUT2D eigenvalue weighted by atomic mass is 9.89. The predicted octanol–water partition coefficient (Wildman–Crippen LogP) is 2.93. The molecule has 1 aliphatic heterocycles. The molecule has 0 spiro atoms. The van der Waals surface area contributed by atoms with Crippen molar-refractivity contribution in [1.82, 2.24) is 10.2 Å². The van der Waals surface area contributed by atoms with Crippen LogP contribution in [0.3, 0.4) is 0 Å². The summed E-state index contributed by atoms with van der Waals surface area (Å²) >= 11 is 0. The van der Waals surface area contributed by atoms with E-state index in [1.807, 2.05) is 24.5 Å². The third-order valence-electron chi connectivity index (χ3n) is 3.69. The fourth-order valence-corrected chi connectivity index (χ4v) is 2.67. The van der Waals surface area contributed by atoms with Crippen molar-refractivity contribution in [2.45, 2.75) is 18.8 Å². The minimum Gasteiger partial charge on any atom is -0.369 e. The van der Waals surface area contributed by atoms with Crippen LogP contribution in [-0.4, -0.2) is 23.3 Å². The van der Waals surface area contributed by atoms with Gasteiger partial charge in [-0.1, -0.05) is 18.2 Å². The van der Waals surface area contributed by atoms with Gasteiger partial charge in [-0.2, -0.15) is 5.10 Å². The summed E-state index contributed by atoms with van der Waals surface area (Å²) in [6.45, 7) is 1.91. The maximum atomic E-state index is 13.7. The van der Waals surface area contributed by atoms with Crippen molar-refractivity contribution >= 4 is 5.69 Å². The molecule has 2 heterocycles. The van der Waals surface area contributed by atoms with E-state index in [9.17, 15) is 4.39 Å². The fourth-order valence-electron chi connectivity index (χ4n) is 2.67. The molecule has 0 amide bonds. The average molecular weight is 245 g/mol. The number of aromatic amines is 1. The van der Waals surface area contributed by atoms with Gasteiger partial charge in [-0.25, -0.2) is 4.39 Å². The van der Waals surface area contributed by atoms with Gasteiger partial charge >= 0.3 is 0 Å². The van der Waals surface area contributed by atoms with Crippen molar-refractivity contribution in [3.63, 3.8) is 0 Å². The normalized spacial score (nSPS) is 17.1. The van der Waals surface area contributed by atoms with Crippen LogP contribution in [0.4, 0.5) is 10.1 Å². The number of piperidine rings is 1. The van der Waals surface area contributed by atoms with E-state index in [0.717, 1.165) is 37.2 Å². The van der Waals surface area contributed by atoms with Crippen LogP contribution in [0.2, 0.25) is 0 Å². The molecule has 1 N–H and O–H groups in total. The Morgan fingerprint density at radius 2 is 2.00 bits per heavy atom. The molecular weight excluding hydrogens is 229 g/mol. The smallest absolute Gasteiger partial charge is 0.126 e. The van der Waals surface area contributed by atoms with E-state index in [0.29, 0.717) is 5.92 Å². The largest absolute Gasteiger partial charge is 0.369 e. The van der Waals surface area contributed by atoms with E-state index in [-0.39, 0.29) is 5.82 Å². The number of hydrogen-bond donors (Lipinski definition) is 1. The maximum Gasteiger partial charge on any atom is 0.126 e. The molecule has 3 rings (SSSR count). The number of nitrogens with zero attached hydrogens (tertiary/aromatic N) is 2. The zero-order valence-electron chi connectivity index (χ0n) is 10.1. The quantitative estimate of drug-likeness (QED) is 0.882. The van der Waals surface area contributed by atoms with E-state index in [1.54, 1.807) is 12.1 Å². The second-order valence-electron chi connectivity index (χ2n) is 4.74. The first-order valence-corrected chi connectivity index (χ1v) is 6.33. The first-order valence-electron chi connectivity index (χ1n) is 6.33. The molecule has 2 aromatic rings. The molecule has 18 heavy (non-hydrogen) atoms. The second-order valence-corrected chi connectivity index (χ2v) is 4.74. The number of aromatic nitrogens is 2. The zero-order chi connectivity index (χ0) is 12.4. The lowest BCUT2D eigenvalue weighted by molar-refractivity contribution is 0.482. The van der Waals surface area contributed by atoms with Crippen LogP contribution < -0.4 is 4.90 Å². The number of nitrogens with one attached hydrogen (secondary N) is 1. The second kappa shape index (κ2) is 4.80. The van der Waals surface area contributed by atoms with Crippen LogP contribution in [0.15, 0.2) is 36.7 Å². The minimum absolute atomic E-state index is 0.0701. The summed E-state index contributed by atoms with van der Waals surface area (Å²) in [6, 6.07) is 7.13. The Hall–Kier alpha value is -1.84. The van der Waals surface area contributed by atoms with Crippen LogP contribution in [0.1, 0.15) is 24.3 Å². The van der Waals surface area contributed by atoms with Gasteiger partial charge in [0, 0.05) is 19.3 Å². The molecule has 0 radical (unpaired) electrons. The molecule has 0 unspecified atom stereocenters. The monoisotopic (exact) mass is 245 g/mol. The summed E-state index contributed by atoms with van der Waals surface area (Å²) in [4.78, 5) is 2.29. The lowest BCUT2D eigenvalue weighted by Crippen LogP contribution is -2.32. The van der Waals surface area contributed by atoms with Gasteiger partial charge in [0.1, 0.15) is 5.82 Å². The zero-order valence-corrected chi connectivity index (χ0v) is 10.1. The Kier molecular flexibility index (Phi) is 3.00. The first-order chi connectivity index (χ1) is 8.84. The standard InChI is InChI=1S/C14H16FN3/c15-14-4-2-1-3-13(14)11-5-7-18(8-6-11)12-9-16-17-10-12/h1-4,9-11H,5-8H2,(H,16,17). The highest BCUT2D eigenvalue weighted by Crippen LogP contribution is 2.31. The van der Waals surface area contributed by atoms with Gasteiger partial charge < -0.3 is 4.90 Å². The number of anilines is 1. The summed E-state index contributed by atoms with van der Waals surface area (Å²) in [5.41, 5.74) is 1.99. The molecule has 1 aliphatic rings. The summed E-state index contributed by atoms with van der Waals surface area (Å²) in [6.07, 6.45) is 5.73. The molecular formula is C14H16FN3. The lowest BCUT2D eigenvalue weighted by Gasteiger charge is -2.32. The minimum atomic E-state index is -0.0701. The Morgan fingerprint density at radius 3 is 2.67 bits per heavy atom. The van der Waals surface area contributed by atoms with Crippen LogP contribution in [0.5, 0.6) is 0 Å². The molecule has 1 saturated heterocycles. The molecule has 1 aromatic heterocycles. The molecule has 0 bridgehead atoms. The van der Waals surface area contributed by atoms with Crippen molar-refractivity contribution in [2.24, 2.45) is 0 Å². The number of halogens is 1. The number of rotatable bonds is 2. The summed E-state index contributed by atoms with van der Waals surface area (Å²) in [7, 11) is 0. The van der Waals surface area contributed by atoms with E-state index >= 15 is 0 Å². The van der Waals surface area contributed by atoms with Crippen LogP contribution in [0, 0.1) is 5.82 Å². The first kappa shape index (κ1) is 11.3. The van der Waals surface area contributed by atoms with E-state index in [4.69, 9.17) is 0 Å². The van der Waals surface area contributed by atoms with E-state index in [2.05, 4.69) is 15.1 Å². The topological polar surface area (TPSA) is 31.9 Å². The molecule has 94 valence electrons. The Balaban J connectivity index is 1.69. The highest BCUT2D eigenvalue weighted by Gasteiger charge is 2.22. The summed E-state index contributed by atoms with van der Waals surface area (Å²) < 4.78 is 13.7. The van der Waals surface area contributed by atoms with E-state index in [1.165, 1.54) is 0 Å². The van der Waals surface area contributed by atoms with Crippen LogP contribution in [-0.2, 0) is 0 Å². The van der Waals surface area contributed by atoms with Crippen molar-refractivity contribution in [2.75, 3.05) is 18.0 Å². The van der Waals surface area contributed by atoms with Gasteiger partial charge in [-0.15, -0.1) is 0 Å². The van der Waals surface area contributed by atoms with Gasteiger partial charge in [0.05, 0.1) is 11.9 Å². The van der Waals surface area contributed by atoms with Gasteiger partial charge in [-0.3, -0.25) is 5.10 Å². The van der Waals surface area contributed by atoms with Crippen molar-refractivity contribution in [3.8, 4) is 0 Å². The van der Waals surface area contributed by atoms with Gasteiger partial charge in [0.15, 0.2) is 0 Å². The van der Waals surface area contributed by atoms with Gasteiger partial charge in [-0.05, 0) is 30.4 Å². The Morgan fingerprint density at radius 1 is 1.22 bits per heavy atom. The van der Waals surface area contributed by atoms with E-state index < -0.39 is 0 Å². The highest BCUT2D eigenvalue weighted by atomic mass is 19.1.